The number of hydrogen-bond donors (Lipinski definition) is 0. The zero-order valence-corrected chi connectivity index (χ0v) is 10.1. The predicted octanol–water partition coefficient (Wildman–Crippen LogP) is 2.48. The Morgan fingerprint density at radius 1 is 1.44 bits per heavy atom. The van der Waals surface area contributed by atoms with Crippen LogP contribution in [0.15, 0.2) is 5.38 Å². The highest BCUT2D eigenvalue weighted by Crippen LogP contribution is 2.36. The Bertz CT molecular complexity index is 482. The van der Waals surface area contributed by atoms with Gasteiger partial charge in [-0.15, -0.1) is 11.3 Å². The minimum absolute atomic E-state index is 0.0912. The number of Topliss-reactive ketones (excluding diaryl/α,β-unsaturated/α-hetero) is 1. The molecule has 0 bridgehead atoms. The van der Waals surface area contributed by atoms with Crippen LogP contribution in [0.25, 0.3) is 0 Å². The Hall–Kier alpha value is -0.870. The van der Waals surface area contributed by atoms with Gasteiger partial charge in [0.1, 0.15) is 0 Å². The molecule has 3 rings (SSSR count). The number of halogens is 1. The maximum absolute atomic E-state index is 12.0. The average Bonchev–Trinajstić information content (AvgIpc) is 2.72. The van der Waals surface area contributed by atoms with Crippen LogP contribution in [0.4, 0.5) is 0 Å². The van der Waals surface area contributed by atoms with E-state index in [2.05, 4.69) is 0 Å². The summed E-state index contributed by atoms with van der Waals surface area (Å²) >= 11 is 7.44. The third-order valence-corrected chi connectivity index (χ3v) is 4.65. The van der Waals surface area contributed by atoms with Gasteiger partial charge in [0.2, 0.25) is 5.91 Å². The van der Waals surface area contributed by atoms with E-state index in [0.29, 0.717) is 23.7 Å². The number of carbonyl (C=O) groups excluding carboxylic acids is 2. The standard InChI is InChI=1S/C11H10ClNO2S/c12-11-7-4-13-6(1-2-10(13)15)3-9(14)8(7)5-16-11/h5-6H,1-4H2. The van der Waals surface area contributed by atoms with Gasteiger partial charge < -0.3 is 4.90 Å². The lowest BCUT2D eigenvalue weighted by Gasteiger charge is -2.21. The quantitative estimate of drug-likeness (QED) is 0.714. The van der Waals surface area contributed by atoms with Gasteiger partial charge in [-0.05, 0) is 6.42 Å². The van der Waals surface area contributed by atoms with Crippen molar-refractivity contribution in [1.29, 1.82) is 0 Å². The van der Waals surface area contributed by atoms with E-state index in [0.717, 1.165) is 17.5 Å². The second-order valence-corrected chi connectivity index (χ2v) is 5.72. The van der Waals surface area contributed by atoms with Crippen molar-refractivity contribution in [2.24, 2.45) is 0 Å². The molecule has 84 valence electrons. The number of hydrogen-bond acceptors (Lipinski definition) is 3. The molecule has 3 nitrogen and oxygen atoms in total. The minimum atomic E-state index is 0.0912. The van der Waals surface area contributed by atoms with Crippen LogP contribution in [-0.2, 0) is 11.3 Å². The van der Waals surface area contributed by atoms with Gasteiger partial charge in [-0.25, -0.2) is 0 Å². The second-order valence-electron chi connectivity index (χ2n) is 4.24. The summed E-state index contributed by atoms with van der Waals surface area (Å²) in [5.74, 6) is 0.272. The summed E-state index contributed by atoms with van der Waals surface area (Å²) in [5, 5.41) is 1.81. The molecule has 0 aromatic carbocycles. The van der Waals surface area contributed by atoms with Gasteiger partial charge in [-0.1, -0.05) is 11.6 Å². The third kappa shape index (κ3) is 1.40. The van der Waals surface area contributed by atoms with Gasteiger partial charge in [0.05, 0.1) is 4.34 Å². The summed E-state index contributed by atoms with van der Waals surface area (Å²) in [4.78, 5) is 25.5. The molecule has 0 radical (unpaired) electrons. The molecule has 1 saturated heterocycles. The lowest BCUT2D eigenvalue weighted by Crippen LogP contribution is -2.31. The molecule has 3 heterocycles. The second kappa shape index (κ2) is 3.57. The molecule has 5 heteroatoms. The van der Waals surface area contributed by atoms with Gasteiger partial charge in [0.15, 0.2) is 5.78 Å². The van der Waals surface area contributed by atoms with Gasteiger partial charge in [0, 0.05) is 41.9 Å². The monoisotopic (exact) mass is 255 g/mol. The highest BCUT2D eigenvalue weighted by Gasteiger charge is 2.37. The number of rotatable bonds is 0. The first kappa shape index (κ1) is 10.3. The van der Waals surface area contributed by atoms with E-state index in [4.69, 9.17) is 11.6 Å². The molecular formula is C11H10ClNO2S. The van der Waals surface area contributed by atoms with E-state index < -0.39 is 0 Å². The zero-order chi connectivity index (χ0) is 11.3. The van der Waals surface area contributed by atoms with Crippen LogP contribution in [0.1, 0.15) is 35.2 Å². The molecule has 16 heavy (non-hydrogen) atoms. The van der Waals surface area contributed by atoms with Gasteiger partial charge >= 0.3 is 0 Å². The van der Waals surface area contributed by atoms with E-state index in [9.17, 15) is 9.59 Å². The van der Waals surface area contributed by atoms with Gasteiger partial charge in [0.25, 0.3) is 0 Å². The number of amides is 1. The molecule has 1 aromatic rings. The molecular weight excluding hydrogens is 246 g/mol. The number of carbonyl (C=O) groups is 2. The summed E-state index contributed by atoms with van der Waals surface area (Å²) in [6.07, 6.45) is 1.82. The summed E-state index contributed by atoms with van der Waals surface area (Å²) in [6, 6.07) is 0.0912. The Kier molecular flexibility index (Phi) is 2.30. The number of fused-ring (bicyclic) bond motifs is 2. The van der Waals surface area contributed by atoms with Crippen molar-refractivity contribution in [3.8, 4) is 0 Å². The van der Waals surface area contributed by atoms with Crippen LogP contribution in [0.5, 0.6) is 0 Å². The van der Waals surface area contributed by atoms with Gasteiger partial charge in [-0.3, -0.25) is 9.59 Å². The lowest BCUT2D eigenvalue weighted by molar-refractivity contribution is -0.129. The van der Waals surface area contributed by atoms with Crippen LogP contribution in [0, 0.1) is 0 Å². The van der Waals surface area contributed by atoms with Crippen molar-refractivity contribution in [2.45, 2.75) is 31.8 Å². The van der Waals surface area contributed by atoms with Crippen molar-refractivity contribution < 1.29 is 9.59 Å². The van der Waals surface area contributed by atoms with Crippen molar-refractivity contribution in [1.82, 2.24) is 4.90 Å². The van der Waals surface area contributed by atoms with Crippen molar-refractivity contribution in [3.05, 3.63) is 20.8 Å². The Morgan fingerprint density at radius 3 is 3.06 bits per heavy atom. The van der Waals surface area contributed by atoms with Crippen molar-refractivity contribution in [3.63, 3.8) is 0 Å². The zero-order valence-electron chi connectivity index (χ0n) is 8.53. The topological polar surface area (TPSA) is 37.4 Å². The first-order chi connectivity index (χ1) is 7.66. The Morgan fingerprint density at radius 2 is 2.25 bits per heavy atom. The number of ketones is 1. The molecule has 0 N–H and O–H groups in total. The molecule has 2 aliphatic heterocycles. The van der Waals surface area contributed by atoms with E-state index in [1.807, 2.05) is 10.3 Å². The van der Waals surface area contributed by atoms with E-state index in [-0.39, 0.29) is 17.7 Å². The van der Waals surface area contributed by atoms with Gasteiger partial charge in [-0.2, -0.15) is 0 Å². The number of nitrogens with zero attached hydrogens (tertiary/aromatic N) is 1. The van der Waals surface area contributed by atoms with Crippen LogP contribution >= 0.6 is 22.9 Å². The summed E-state index contributed by atoms with van der Waals surface area (Å²) in [7, 11) is 0. The molecule has 0 saturated carbocycles. The smallest absolute Gasteiger partial charge is 0.223 e. The maximum atomic E-state index is 12.0. The minimum Gasteiger partial charge on any atom is -0.335 e. The lowest BCUT2D eigenvalue weighted by atomic mass is 10.0. The Labute approximate surface area is 102 Å². The third-order valence-electron chi connectivity index (χ3n) is 3.35. The molecule has 0 aliphatic carbocycles. The first-order valence-electron chi connectivity index (χ1n) is 5.25. The predicted molar refractivity (Wildman–Crippen MR) is 61.8 cm³/mol. The molecule has 1 atom stereocenters. The maximum Gasteiger partial charge on any atom is 0.223 e. The van der Waals surface area contributed by atoms with Crippen LogP contribution in [0.3, 0.4) is 0 Å². The fraction of sp³-hybridized carbons (Fsp3) is 0.455. The summed E-state index contributed by atoms with van der Waals surface area (Å²) in [5.41, 5.74) is 1.56. The molecule has 1 aromatic heterocycles. The van der Waals surface area contributed by atoms with E-state index in [1.165, 1.54) is 11.3 Å². The molecule has 1 fully saturated rings. The van der Waals surface area contributed by atoms with Crippen LogP contribution in [0.2, 0.25) is 4.34 Å². The first-order valence-corrected chi connectivity index (χ1v) is 6.51. The Balaban J connectivity index is 2.06. The fourth-order valence-corrected chi connectivity index (χ4v) is 3.56. The summed E-state index contributed by atoms with van der Waals surface area (Å²) in [6.45, 7) is 0.507. The number of thiophene rings is 1. The van der Waals surface area contributed by atoms with Crippen molar-refractivity contribution >= 4 is 34.6 Å². The van der Waals surface area contributed by atoms with E-state index in [1.54, 1.807) is 0 Å². The van der Waals surface area contributed by atoms with Crippen molar-refractivity contribution in [2.75, 3.05) is 0 Å². The highest BCUT2D eigenvalue weighted by molar-refractivity contribution is 7.14. The normalized spacial score (nSPS) is 24.3. The summed E-state index contributed by atoms with van der Waals surface area (Å²) < 4.78 is 0.642. The molecule has 1 amide bonds. The largest absolute Gasteiger partial charge is 0.335 e. The fourth-order valence-electron chi connectivity index (χ4n) is 2.46. The van der Waals surface area contributed by atoms with Crippen LogP contribution in [-0.4, -0.2) is 22.6 Å². The highest BCUT2D eigenvalue weighted by atomic mass is 35.5. The molecule has 0 spiro atoms. The SMILES string of the molecule is O=C1CC2CCC(=O)N2Cc2c1csc2Cl. The molecule has 1 unspecified atom stereocenters. The average molecular weight is 256 g/mol. The van der Waals surface area contributed by atoms with E-state index >= 15 is 0 Å². The van der Waals surface area contributed by atoms with Crippen LogP contribution < -0.4 is 0 Å². The molecule has 2 aliphatic rings.